The van der Waals surface area contributed by atoms with E-state index in [-0.39, 0.29) is 11.3 Å². The van der Waals surface area contributed by atoms with Gasteiger partial charge in [-0.3, -0.25) is 0 Å². The smallest absolute Gasteiger partial charge is 0.214 e. The van der Waals surface area contributed by atoms with Gasteiger partial charge in [0.1, 0.15) is 0 Å². The molecule has 1 unspecified atom stereocenters. The Labute approximate surface area is 117 Å². The second-order valence-corrected chi connectivity index (χ2v) is 8.16. The molecular formula is C14H28N2O2S. The van der Waals surface area contributed by atoms with E-state index in [9.17, 15) is 8.42 Å². The molecule has 0 spiro atoms. The SMILES string of the molecule is NCC(NS(=O)(=O)C1CCCCC1)C1CCCCC1. The summed E-state index contributed by atoms with van der Waals surface area (Å²) in [7, 11) is -3.17. The van der Waals surface area contributed by atoms with E-state index in [2.05, 4.69) is 4.72 Å². The summed E-state index contributed by atoms with van der Waals surface area (Å²) in [5.41, 5.74) is 5.81. The molecule has 0 amide bonds. The van der Waals surface area contributed by atoms with Crippen molar-refractivity contribution in [1.82, 2.24) is 4.72 Å². The predicted octanol–water partition coefficient (Wildman–Crippen LogP) is 2.15. The first-order valence-corrected chi connectivity index (χ1v) is 9.39. The van der Waals surface area contributed by atoms with Crippen LogP contribution in [0.4, 0.5) is 0 Å². The van der Waals surface area contributed by atoms with Gasteiger partial charge in [-0.25, -0.2) is 13.1 Å². The van der Waals surface area contributed by atoms with Gasteiger partial charge in [-0.1, -0.05) is 38.5 Å². The summed E-state index contributed by atoms with van der Waals surface area (Å²) in [4.78, 5) is 0. The summed E-state index contributed by atoms with van der Waals surface area (Å²) >= 11 is 0. The van der Waals surface area contributed by atoms with Gasteiger partial charge in [0.25, 0.3) is 0 Å². The van der Waals surface area contributed by atoms with E-state index in [1.54, 1.807) is 0 Å². The number of rotatable bonds is 5. The van der Waals surface area contributed by atoms with E-state index in [1.165, 1.54) is 25.7 Å². The van der Waals surface area contributed by atoms with Gasteiger partial charge in [0.2, 0.25) is 10.0 Å². The zero-order valence-electron chi connectivity index (χ0n) is 11.8. The summed E-state index contributed by atoms with van der Waals surface area (Å²) in [6.07, 6.45) is 10.8. The molecule has 0 aromatic carbocycles. The Morgan fingerprint density at radius 2 is 1.47 bits per heavy atom. The Bertz CT molecular complexity index is 358. The minimum atomic E-state index is -3.17. The van der Waals surface area contributed by atoms with Crippen LogP contribution in [0, 0.1) is 5.92 Å². The van der Waals surface area contributed by atoms with Crippen LogP contribution in [0.25, 0.3) is 0 Å². The first kappa shape index (κ1) is 15.3. The fourth-order valence-corrected chi connectivity index (χ4v) is 5.41. The van der Waals surface area contributed by atoms with Gasteiger partial charge >= 0.3 is 0 Å². The largest absolute Gasteiger partial charge is 0.329 e. The van der Waals surface area contributed by atoms with Gasteiger partial charge in [0.15, 0.2) is 0 Å². The maximum atomic E-state index is 12.4. The van der Waals surface area contributed by atoms with Crippen molar-refractivity contribution in [3.63, 3.8) is 0 Å². The lowest BCUT2D eigenvalue weighted by Gasteiger charge is -2.32. The zero-order chi connectivity index (χ0) is 13.7. The first-order valence-electron chi connectivity index (χ1n) is 7.84. The molecule has 0 aromatic rings. The second kappa shape index (κ2) is 7.04. The van der Waals surface area contributed by atoms with Crippen molar-refractivity contribution < 1.29 is 8.42 Å². The Morgan fingerprint density at radius 3 is 2.00 bits per heavy atom. The Balaban J connectivity index is 1.95. The Kier molecular flexibility index (Phi) is 5.66. The van der Waals surface area contributed by atoms with E-state index < -0.39 is 10.0 Å². The Hall–Kier alpha value is -0.130. The monoisotopic (exact) mass is 288 g/mol. The molecular weight excluding hydrogens is 260 g/mol. The highest BCUT2D eigenvalue weighted by atomic mass is 32.2. The quantitative estimate of drug-likeness (QED) is 0.814. The summed E-state index contributed by atoms with van der Waals surface area (Å²) in [5.74, 6) is 0.442. The lowest BCUT2D eigenvalue weighted by Crippen LogP contribution is -2.49. The average molecular weight is 288 g/mol. The number of sulfonamides is 1. The van der Waals surface area contributed by atoms with Gasteiger partial charge in [0, 0.05) is 12.6 Å². The van der Waals surface area contributed by atoms with E-state index in [0.717, 1.165) is 38.5 Å². The van der Waals surface area contributed by atoms with Gasteiger partial charge in [0.05, 0.1) is 5.25 Å². The highest BCUT2D eigenvalue weighted by Gasteiger charge is 2.32. The zero-order valence-corrected chi connectivity index (χ0v) is 12.6. The summed E-state index contributed by atoms with van der Waals surface area (Å²) < 4.78 is 27.8. The van der Waals surface area contributed by atoms with E-state index in [0.29, 0.717) is 12.5 Å². The normalized spacial score (nSPS) is 25.3. The number of nitrogens with two attached hydrogens (primary N) is 1. The van der Waals surface area contributed by atoms with Crippen LogP contribution in [0.1, 0.15) is 64.2 Å². The lowest BCUT2D eigenvalue weighted by molar-refractivity contribution is 0.293. The van der Waals surface area contributed by atoms with Gasteiger partial charge in [-0.15, -0.1) is 0 Å². The molecule has 0 aromatic heterocycles. The molecule has 3 N–H and O–H groups in total. The fourth-order valence-electron chi connectivity index (χ4n) is 3.56. The van der Waals surface area contributed by atoms with Crippen LogP contribution in [0.5, 0.6) is 0 Å². The third-order valence-electron chi connectivity index (χ3n) is 4.78. The second-order valence-electron chi connectivity index (χ2n) is 6.16. The molecule has 0 saturated heterocycles. The van der Waals surface area contributed by atoms with E-state index >= 15 is 0 Å². The average Bonchev–Trinajstić information content (AvgIpc) is 2.47. The van der Waals surface area contributed by atoms with Crippen LogP contribution in [0.15, 0.2) is 0 Å². The molecule has 0 radical (unpaired) electrons. The third kappa shape index (κ3) is 4.17. The molecule has 112 valence electrons. The van der Waals surface area contributed by atoms with Crippen molar-refractivity contribution in [2.45, 2.75) is 75.5 Å². The maximum absolute atomic E-state index is 12.4. The van der Waals surface area contributed by atoms with Crippen LogP contribution in [0.2, 0.25) is 0 Å². The van der Waals surface area contributed by atoms with E-state index in [1.807, 2.05) is 0 Å². The molecule has 0 aliphatic heterocycles. The van der Waals surface area contributed by atoms with Crippen LogP contribution < -0.4 is 10.5 Å². The molecule has 2 aliphatic rings. The molecule has 2 rings (SSSR count). The third-order valence-corrected chi connectivity index (χ3v) is 6.76. The standard InChI is InChI=1S/C14H28N2O2S/c15-11-14(12-7-3-1-4-8-12)16-19(17,18)13-9-5-2-6-10-13/h12-14,16H,1-11,15H2. The van der Waals surface area contributed by atoms with Crippen molar-refractivity contribution in [1.29, 1.82) is 0 Å². The fraction of sp³-hybridized carbons (Fsp3) is 1.00. The Morgan fingerprint density at radius 1 is 0.947 bits per heavy atom. The van der Waals surface area contributed by atoms with Crippen LogP contribution in [-0.4, -0.2) is 26.3 Å². The summed E-state index contributed by atoms with van der Waals surface area (Å²) in [6.45, 7) is 0.427. The maximum Gasteiger partial charge on any atom is 0.214 e. The summed E-state index contributed by atoms with van der Waals surface area (Å²) in [6, 6.07) is -0.0489. The molecule has 0 heterocycles. The molecule has 2 aliphatic carbocycles. The van der Waals surface area contributed by atoms with Crippen LogP contribution in [-0.2, 0) is 10.0 Å². The van der Waals surface area contributed by atoms with Gasteiger partial charge < -0.3 is 5.73 Å². The van der Waals surface area contributed by atoms with Gasteiger partial charge in [-0.2, -0.15) is 0 Å². The van der Waals surface area contributed by atoms with Crippen LogP contribution >= 0.6 is 0 Å². The lowest BCUT2D eigenvalue weighted by atomic mass is 9.84. The molecule has 19 heavy (non-hydrogen) atoms. The highest BCUT2D eigenvalue weighted by molar-refractivity contribution is 7.90. The molecule has 1 atom stereocenters. The van der Waals surface area contributed by atoms with Crippen LogP contribution in [0.3, 0.4) is 0 Å². The van der Waals surface area contributed by atoms with E-state index in [4.69, 9.17) is 5.73 Å². The molecule has 5 heteroatoms. The minimum absolute atomic E-state index is 0.0489. The highest BCUT2D eigenvalue weighted by Crippen LogP contribution is 2.28. The molecule has 2 saturated carbocycles. The van der Waals surface area contributed by atoms with Gasteiger partial charge in [-0.05, 0) is 31.6 Å². The van der Waals surface area contributed by atoms with Crippen molar-refractivity contribution in [2.75, 3.05) is 6.54 Å². The number of nitrogens with one attached hydrogen (secondary N) is 1. The summed E-state index contributed by atoms with van der Waals surface area (Å²) in [5, 5.41) is -0.182. The molecule has 2 fully saturated rings. The molecule has 4 nitrogen and oxygen atoms in total. The van der Waals surface area contributed by atoms with Crippen molar-refractivity contribution >= 4 is 10.0 Å². The number of hydrogen-bond donors (Lipinski definition) is 2. The molecule has 0 bridgehead atoms. The topological polar surface area (TPSA) is 72.2 Å². The predicted molar refractivity (Wildman–Crippen MR) is 78.3 cm³/mol. The minimum Gasteiger partial charge on any atom is -0.329 e. The van der Waals surface area contributed by atoms with Crippen molar-refractivity contribution in [3.8, 4) is 0 Å². The van der Waals surface area contributed by atoms with Crippen molar-refractivity contribution in [3.05, 3.63) is 0 Å². The van der Waals surface area contributed by atoms with Crippen molar-refractivity contribution in [2.24, 2.45) is 11.7 Å². The number of hydrogen-bond acceptors (Lipinski definition) is 3. The first-order chi connectivity index (χ1) is 9.13.